The number of carbonyl (C=O) groups is 1. The van der Waals surface area contributed by atoms with Gasteiger partial charge in [0, 0.05) is 32.4 Å². The van der Waals surface area contributed by atoms with Crippen LogP contribution < -0.4 is 10.2 Å². The molecule has 1 aromatic rings. The van der Waals surface area contributed by atoms with Gasteiger partial charge in [-0.05, 0) is 37.8 Å². The Morgan fingerprint density at radius 2 is 1.67 bits per heavy atom. The Kier molecular flexibility index (Phi) is 4.58. The van der Waals surface area contributed by atoms with Crippen molar-refractivity contribution in [1.29, 1.82) is 0 Å². The number of amides is 2. The highest BCUT2D eigenvalue weighted by molar-refractivity contribution is 5.92. The van der Waals surface area contributed by atoms with Crippen molar-refractivity contribution in [3.05, 3.63) is 18.3 Å². The van der Waals surface area contributed by atoms with Gasteiger partial charge in [0.2, 0.25) is 0 Å². The molecule has 0 radical (unpaired) electrons. The van der Waals surface area contributed by atoms with Gasteiger partial charge in [-0.25, -0.2) is 9.78 Å². The molecule has 2 saturated heterocycles. The number of likely N-dealkylation sites (tertiary alicyclic amines) is 1. The van der Waals surface area contributed by atoms with Crippen LogP contribution in [-0.2, 0) is 0 Å². The lowest BCUT2D eigenvalue weighted by Gasteiger charge is -2.24. The first-order chi connectivity index (χ1) is 10.3. The maximum atomic E-state index is 12.5. The fourth-order valence-electron chi connectivity index (χ4n) is 3.14. The van der Waals surface area contributed by atoms with Crippen LogP contribution >= 0.6 is 0 Å². The quantitative estimate of drug-likeness (QED) is 0.909. The Morgan fingerprint density at radius 1 is 1.00 bits per heavy atom. The van der Waals surface area contributed by atoms with E-state index in [2.05, 4.69) is 15.2 Å². The summed E-state index contributed by atoms with van der Waals surface area (Å²) in [5.74, 6) is 0.915. The molecule has 0 aromatic carbocycles. The molecule has 2 amide bonds. The van der Waals surface area contributed by atoms with E-state index < -0.39 is 0 Å². The van der Waals surface area contributed by atoms with Crippen LogP contribution in [0.15, 0.2) is 18.3 Å². The SMILES string of the molecule is O=C(Nc1cccnc1N1CCCC1)N1CCCCCC1. The number of nitrogens with one attached hydrogen (secondary N) is 1. The number of anilines is 2. The fourth-order valence-corrected chi connectivity index (χ4v) is 3.14. The first kappa shape index (κ1) is 14.2. The number of hydrogen-bond donors (Lipinski definition) is 1. The Balaban J connectivity index is 1.70. The summed E-state index contributed by atoms with van der Waals surface area (Å²) >= 11 is 0. The summed E-state index contributed by atoms with van der Waals surface area (Å²) in [7, 11) is 0. The van der Waals surface area contributed by atoms with Gasteiger partial charge in [-0.3, -0.25) is 0 Å². The van der Waals surface area contributed by atoms with Crippen LogP contribution in [0.1, 0.15) is 38.5 Å². The van der Waals surface area contributed by atoms with E-state index in [1.807, 2.05) is 17.0 Å². The van der Waals surface area contributed by atoms with Crippen molar-refractivity contribution < 1.29 is 4.79 Å². The molecule has 2 aliphatic rings. The maximum Gasteiger partial charge on any atom is 0.321 e. The highest BCUT2D eigenvalue weighted by Gasteiger charge is 2.20. The van der Waals surface area contributed by atoms with Gasteiger partial charge < -0.3 is 15.1 Å². The zero-order valence-corrected chi connectivity index (χ0v) is 12.6. The van der Waals surface area contributed by atoms with Gasteiger partial charge in [-0.15, -0.1) is 0 Å². The Hall–Kier alpha value is -1.78. The van der Waals surface area contributed by atoms with Crippen LogP contribution in [0, 0.1) is 0 Å². The van der Waals surface area contributed by atoms with Gasteiger partial charge in [0.25, 0.3) is 0 Å². The first-order valence-corrected chi connectivity index (χ1v) is 8.10. The van der Waals surface area contributed by atoms with Gasteiger partial charge in [-0.1, -0.05) is 12.8 Å². The van der Waals surface area contributed by atoms with E-state index in [1.165, 1.54) is 25.7 Å². The average Bonchev–Trinajstić information content (AvgIpc) is 2.89. The lowest BCUT2D eigenvalue weighted by molar-refractivity contribution is 0.214. The number of aromatic nitrogens is 1. The first-order valence-electron chi connectivity index (χ1n) is 8.10. The van der Waals surface area contributed by atoms with Crippen molar-refractivity contribution in [1.82, 2.24) is 9.88 Å². The normalized spacial score (nSPS) is 19.4. The summed E-state index contributed by atoms with van der Waals surface area (Å²) in [5.41, 5.74) is 0.841. The van der Waals surface area contributed by atoms with E-state index in [9.17, 15) is 4.79 Å². The highest BCUT2D eigenvalue weighted by Crippen LogP contribution is 2.26. The zero-order valence-electron chi connectivity index (χ0n) is 12.6. The third-order valence-corrected chi connectivity index (χ3v) is 4.33. The predicted octanol–water partition coefficient (Wildman–Crippen LogP) is 3.09. The van der Waals surface area contributed by atoms with Crippen molar-refractivity contribution in [2.75, 3.05) is 36.4 Å². The van der Waals surface area contributed by atoms with Gasteiger partial charge in [-0.2, -0.15) is 0 Å². The lowest BCUT2D eigenvalue weighted by atomic mass is 10.2. The molecule has 3 heterocycles. The Labute approximate surface area is 126 Å². The maximum absolute atomic E-state index is 12.5. The van der Waals surface area contributed by atoms with Gasteiger partial charge in [0.05, 0.1) is 5.69 Å². The van der Waals surface area contributed by atoms with Crippen LogP contribution in [0.2, 0.25) is 0 Å². The topological polar surface area (TPSA) is 48.5 Å². The number of hydrogen-bond acceptors (Lipinski definition) is 3. The molecular formula is C16H24N4O. The summed E-state index contributed by atoms with van der Waals surface area (Å²) in [4.78, 5) is 21.1. The molecule has 0 aliphatic carbocycles. The molecule has 1 aromatic heterocycles. The van der Waals surface area contributed by atoms with Crippen molar-refractivity contribution in [2.24, 2.45) is 0 Å². The second-order valence-electron chi connectivity index (χ2n) is 5.90. The molecule has 1 N–H and O–H groups in total. The number of carbonyl (C=O) groups excluding carboxylic acids is 1. The van der Waals surface area contributed by atoms with E-state index >= 15 is 0 Å². The predicted molar refractivity (Wildman–Crippen MR) is 84.7 cm³/mol. The Bertz CT molecular complexity index is 477. The average molecular weight is 288 g/mol. The van der Waals surface area contributed by atoms with Crippen LogP contribution in [0.3, 0.4) is 0 Å². The van der Waals surface area contributed by atoms with Crippen LogP contribution in [0.4, 0.5) is 16.3 Å². The van der Waals surface area contributed by atoms with E-state index in [1.54, 1.807) is 6.20 Å². The molecule has 0 atom stereocenters. The standard InChI is InChI=1S/C16H24N4O/c21-16(20-12-3-1-2-4-13-20)18-14-8-7-9-17-15(14)19-10-5-6-11-19/h7-9H,1-6,10-13H2,(H,18,21). The smallest absolute Gasteiger partial charge is 0.321 e. The summed E-state index contributed by atoms with van der Waals surface area (Å²) in [6, 6.07) is 3.86. The van der Waals surface area contributed by atoms with E-state index in [0.29, 0.717) is 0 Å². The third kappa shape index (κ3) is 3.46. The molecule has 3 rings (SSSR count). The minimum Gasteiger partial charge on any atom is -0.355 e. The van der Waals surface area contributed by atoms with E-state index in [0.717, 1.165) is 50.5 Å². The number of rotatable bonds is 2. The molecule has 5 heteroatoms. The van der Waals surface area contributed by atoms with Crippen LogP contribution in [0.25, 0.3) is 0 Å². The largest absolute Gasteiger partial charge is 0.355 e. The molecule has 21 heavy (non-hydrogen) atoms. The number of urea groups is 1. The summed E-state index contributed by atoms with van der Waals surface area (Å²) in [5, 5.41) is 3.07. The molecule has 2 aliphatic heterocycles. The monoisotopic (exact) mass is 288 g/mol. The van der Waals surface area contributed by atoms with Crippen molar-refractivity contribution in [2.45, 2.75) is 38.5 Å². The molecule has 0 saturated carbocycles. The molecular weight excluding hydrogens is 264 g/mol. The minimum absolute atomic E-state index is 0.0188. The van der Waals surface area contributed by atoms with Crippen molar-refractivity contribution >= 4 is 17.5 Å². The van der Waals surface area contributed by atoms with Crippen LogP contribution in [0.5, 0.6) is 0 Å². The lowest BCUT2D eigenvalue weighted by Crippen LogP contribution is -2.36. The van der Waals surface area contributed by atoms with Gasteiger partial charge in [0.15, 0.2) is 5.82 Å². The highest BCUT2D eigenvalue weighted by atomic mass is 16.2. The fraction of sp³-hybridized carbons (Fsp3) is 0.625. The zero-order chi connectivity index (χ0) is 14.5. The molecule has 5 nitrogen and oxygen atoms in total. The molecule has 2 fully saturated rings. The number of nitrogens with zero attached hydrogens (tertiary/aromatic N) is 3. The molecule has 0 bridgehead atoms. The van der Waals surface area contributed by atoms with Crippen molar-refractivity contribution in [3.63, 3.8) is 0 Å². The van der Waals surface area contributed by atoms with Gasteiger partial charge >= 0.3 is 6.03 Å². The molecule has 114 valence electrons. The molecule has 0 spiro atoms. The van der Waals surface area contributed by atoms with E-state index in [-0.39, 0.29) is 6.03 Å². The molecule has 0 unspecified atom stereocenters. The summed E-state index contributed by atoms with van der Waals surface area (Å²) in [6.45, 7) is 3.80. The second kappa shape index (κ2) is 6.78. The summed E-state index contributed by atoms with van der Waals surface area (Å²) in [6.07, 6.45) is 8.89. The Morgan fingerprint density at radius 3 is 2.38 bits per heavy atom. The van der Waals surface area contributed by atoms with Crippen molar-refractivity contribution in [3.8, 4) is 0 Å². The second-order valence-corrected chi connectivity index (χ2v) is 5.90. The third-order valence-electron chi connectivity index (χ3n) is 4.33. The summed E-state index contributed by atoms with van der Waals surface area (Å²) < 4.78 is 0. The van der Waals surface area contributed by atoms with Gasteiger partial charge in [0.1, 0.15) is 0 Å². The van der Waals surface area contributed by atoms with Crippen LogP contribution in [-0.4, -0.2) is 42.1 Å². The number of pyridine rings is 1. The minimum atomic E-state index is 0.0188. The van der Waals surface area contributed by atoms with E-state index in [4.69, 9.17) is 0 Å².